The molecular formula is C34H58O7Si2. The summed E-state index contributed by atoms with van der Waals surface area (Å²) in [5, 5.41) is 0. The topological polar surface area (TPSA) is 84.2 Å². The van der Waals surface area contributed by atoms with Crippen LogP contribution in [0.15, 0.2) is 21.4 Å². The van der Waals surface area contributed by atoms with E-state index in [1.165, 1.54) is 14.2 Å². The molecule has 0 aliphatic heterocycles. The molecule has 244 valence electrons. The third-order valence-corrected chi connectivity index (χ3v) is 12.1. The molecule has 0 aromatic carbocycles. The van der Waals surface area contributed by atoms with Gasteiger partial charge in [-0.2, -0.15) is 0 Å². The van der Waals surface area contributed by atoms with Crippen molar-refractivity contribution in [3.05, 3.63) is 39.3 Å². The highest BCUT2D eigenvalue weighted by Gasteiger charge is 2.59. The van der Waals surface area contributed by atoms with E-state index >= 15 is 0 Å². The lowest BCUT2D eigenvalue weighted by molar-refractivity contribution is -0.135. The molecule has 2 saturated carbocycles. The number of esters is 1. The highest BCUT2D eigenvalue weighted by atomic mass is 28.4. The van der Waals surface area contributed by atoms with E-state index in [1.807, 2.05) is 0 Å². The van der Waals surface area contributed by atoms with E-state index in [0.29, 0.717) is 17.9 Å². The molecule has 9 heteroatoms. The second-order valence-corrected chi connectivity index (χ2v) is 25.0. The van der Waals surface area contributed by atoms with Gasteiger partial charge < -0.3 is 22.7 Å². The second kappa shape index (κ2) is 12.6. The molecule has 2 aliphatic rings. The summed E-state index contributed by atoms with van der Waals surface area (Å²) >= 11 is 0. The standard InChI is InChI=1S/C34H58O7Si2/c1-22-15-16-26-33(5,25(22)21-24-29(35)28(30(36)37-7)23(2)39-31(24)38-8)18-17-27(40-42(9,10)11)34(26,6)20-19-32(3,4)41-43(12,13)14/h25-27H,1,15-21H2,2-14H3/t25-,26-,27-,33-,34+/m0/s1. The van der Waals surface area contributed by atoms with Crippen molar-refractivity contribution in [1.82, 2.24) is 0 Å². The van der Waals surface area contributed by atoms with E-state index in [9.17, 15) is 9.59 Å². The van der Waals surface area contributed by atoms with Gasteiger partial charge in [-0.15, -0.1) is 0 Å². The molecule has 1 heterocycles. The monoisotopic (exact) mass is 634 g/mol. The minimum atomic E-state index is -1.82. The first kappa shape index (κ1) is 35.8. The van der Waals surface area contributed by atoms with E-state index in [4.69, 9.17) is 22.7 Å². The molecule has 7 nitrogen and oxygen atoms in total. The molecule has 0 saturated heterocycles. The first-order chi connectivity index (χ1) is 19.6. The Morgan fingerprint density at radius 3 is 2.23 bits per heavy atom. The maximum atomic E-state index is 13.8. The van der Waals surface area contributed by atoms with Crippen LogP contribution in [0.25, 0.3) is 0 Å². The van der Waals surface area contributed by atoms with Gasteiger partial charge in [-0.1, -0.05) is 26.0 Å². The molecule has 0 unspecified atom stereocenters. The number of hydrogen-bond donors (Lipinski definition) is 0. The normalized spacial score (nSPS) is 28.4. The number of carbonyl (C=O) groups excluding carboxylic acids is 1. The summed E-state index contributed by atoms with van der Waals surface area (Å²) in [6.07, 6.45) is 6.38. The van der Waals surface area contributed by atoms with Crippen LogP contribution < -0.4 is 10.2 Å². The van der Waals surface area contributed by atoms with E-state index < -0.39 is 22.6 Å². The quantitative estimate of drug-likeness (QED) is 0.138. The molecule has 0 N–H and O–H groups in total. The number of carbonyl (C=O) groups is 1. The van der Waals surface area contributed by atoms with Gasteiger partial charge in [0.05, 0.1) is 31.5 Å². The van der Waals surface area contributed by atoms with E-state index in [1.54, 1.807) is 6.92 Å². The van der Waals surface area contributed by atoms with Crippen LogP contribution in [-0.2, 0) is 20.0 Å². The lowest BCUT2D eigenvalue weighted by Crippen LogP contribution is -2.59. The number of ether oxygens (including phenoxy) is 2. The predicted molar refractivity (Wildman–Crippen MR) is 178 cm³/mol. The summed E-state index contributed by atoms with van der Waals surface area (Å²) in [6.45, 7) is 29.1. The van der Waals surface area contributed by atoms with Crippen molar-refractivity contribution in [3.63, 3.8) is 0 Å². The van der Waals surface area contributed by atoms with Crippen molar-refractivity contribution in [2.75, 3.05) is 14.2 Å². The lowest BCUT2D eigenvalue weighted by atomic mass is 9.45. The summed E-state index contributed by atoms with van der Waals surface area (Å²) in [5.41, 5.74) is 0.661. The third-order valence-electron chi connectivity index (χ3n) is 9.99. The summed E-state index contributed by atoms with van der Waals surface area (Å²) in [7, 11) is -0.771. The largest absolute Gasteiger partial charge is 0.468 e. The average Bonchev–Trinajstić information content (AvgIpc) is 2.85. The Balaban J connectivity index is 2.08. The molecule has 1 aromatic heterocycles. The first-order valence-electron chi connectivity index (χ1n) is 15.9. The number of fused-ring (bicyclic) bond motifs is 1. The smallest absolute Gasteiger partial charge is 0.345 e. The van der Waals surface area contributed by atoms with E-state index in [-0.39, 0.29) is 51.2 Å². The van der Waals surface area contributed by atoms with Crippen LogP contribution in [0.4, 0.5) is 0 Å². The fourth-order valence-corrected chi connectivity index (χ4v) is 11.3. The summed E-state index contributed by atoms with van der Waals surface area (Å²) in [5.74, 6) is 0.0501. The third kappa shape index (κ3) is 7.76. The Hall–Kier alpha value is -1.69. The molecule has 5 atom stereocenters. The Morgan fingerprint density at radius 1 is 1.07 bits per heavy atom. The average molecular weight is 635 g/mol. The van der Waals surface area contributed by atoms with Gasteiger partial charge >= 0.3 is 5.97 Å². The zero-order chi connectivity index (χ0) is 32.8. The van der Waals surface area contributed by atoms with Gasteiger partial charge in [0.15, 0.2) is 16.6 Å². The molecule has 1 aromatic rings. The Bertz CT molecular complexity index is 1250. The number of allylic oxidation sites excluding steroid dienone is 1. The number of hydrogen-bond acceptors (Lipinski definition) is 7. The number of aryl methyl sites for hydroxylation is 1. The van der Waals surface area contributed by atoms with Crippen LogP contribution in [0.2, 0.25) is 39.3 Å². The van der Waals surface area contributed by atoms with Gasteiger partial charge in [0.25, 0.3) is 5.95 Å². The SMILES string of the molecule is C=C1CC[C@@H]2[C@@](C)(CCC(C)(C)O[Si](C)(C)C)[C@@H](O[Si](C)(C)C)CC[C@@]2(C)[C@H]1Cc1c(OC)oc(C)c(C(=O)OC)c1=O. The Labute approximate surface area is 262 Å². The summed E-state index contributed by atoms with van der Waals surface area (Å²) in [4.78, 5) is 26.4. The van der Waals surface area contributed by atoms with Gasteiger partial charge in [-0.05, 0) is 128 Å². The van der Waals surface area contributed by atoms with Crippen molar-refractivity contribution < 1.29 is 27.5 Å². The van der Waals surface area contributed by atoms with Gasteiger partial charge in [-0.3, -0.25) is 4.79 Å². The molecule has 0 spiro atoms. The highest BCUT2D eigenvalue weighted by molar-refractivity contribution is 6.70. The molecule has 3 rings (SSSR count). The van der Waals surface area contributed by atoms with Crippen LogP contribution >= 0.6 is 0 Å². The molecular weight excluding hydrogens is 577 g/mol. The minimum Gasteiger partial charge on any atom is -0.468 e. The second-order valence-electron chi connectivity index (χ2n) is 16.1. The molecule has 0 bridgehead atoms. The van der Waals surface area contributed by atoms with Gasteiger partial charge in [0, 0.05) is 0 Å². The Morgan fingerprint density at radius 2 is 1.70 bits per heavy atom. The molecule has 0 radical (unpaired) electrons. The van der Waals surface area contributed by atoms with Crippen LogP contribution in [0.5, 0.6) is 5.95 Å². The van der Waals surface area contributed by atoms with Crippen molar-refractivity contribution in [1.29, 1.82) is 0 Å². The number of rotatable bonds is 11. The molecule has 43 heavy (non-hydrogen) atoms. The van der Waals surface area contributed by atoms with Crippen molar-refractivity contribution >= 4 is 22.6 Å². The minimum absolute atomic E-state index is 0.0228. The van der Waals surface area contributed by atoms with E-state index in [0.717, 1.165) is 44.1 Å². The molecule has 2 fully saturated rings. The van der Waals surface area contributed by atoms with Gasteiger partial charge in [-0.25, -0.2) is 4.79 Å². The Kier molecular flexibility index (Phi) is 10.5. The fraction of sp³-hybridized carbons (Fsp3) is 0.765. The van der Waals surface area contributed by atoms with Gasteiger partial charge in [0.2, 0.25) is 5.43 Å². The number of methoxy groups -OCH3 is 2. The highest BCUT2D eigenvalue weighted by Crippen LogP contribution is 2.64. The van der Waals surface area contributed by atoms with Crippen molar-refractivity contribution in [3.8, 4) is 5.95 Å². The maximum absolute atomic E-state index is 13.8. The zero-order valence-corrected chi connectivity index (χ0v) is 31.2. The fourth-order valence-electron chi connectivity index (χ4n) is 8.29. The first-order valence-corrected chi connectivity index (χ1v) is 22.7. The maximum Gasteiger partial charge on any atom is 0.345 e. The van der Waals surface area contributed by atoms with Crippen molar-refractivity contribution in [2.24, 2.45) is 22.7 Å². The summed E-state index contributed by atoms with van der Waals surface area (Å²) in [6, 6.07) is 0. The van der Waals surface area contributed by atoms with Gasteiger partial charge in [0.1, 0.15) is 11.3 Å². The lowest BCUT2D eigenvalue weighted by Gasteiger charge is -2.62. The summed E-state index contributed by atoms with van der Waals surface area (Å²) < 4.78 is 30.1. The predicted octanol–water partition coefficient (Wildman–Crippen LogP) is 8.31. The van der Waals surface area contributed by atoms with Crippen LogP contribution in [0.1, 0.15) is 87.9 Å². The van der Waals surface area contributed by atoms with E-state index in [2.05, 4.69) is 73.6 Å². The zero-order valence-electron chi connectivity index (χ0n) is 29.2. The van der Waals surface area contributed by atoms with Crippen LogP contribution in [0, 0.1) is 29.6 Å². The molecule has 0 amide bonds. The van der Waals surface area contributed by atoms with Crippen LogP contribution in [-0.4, -0.2) is 48.5 Å². The van der Waals surface area contributed by atoms with Crippen LogP contribution in [0.3, 0.4) is 0 Å². The van der Waals surface area contributed by atoms with Crippen molar-refractivity contribution in [2.45, 2.75) is 131 Å². The molecule has 2 aliphatic carbocycles.